The molecule has 2 rings (SSSR count). The second-order valence-electron chi connectivity index (χ2n) is 4.35. The molecule has 0 bridgehead atoms. The number of nitriles is 1. The highest BCUT2D eigenvalue weighted by atomic mass is 16.5. The zero-order valence-electron chi connectivity index (χ0n) is 9.84. The Morgan fingerprint density at radius 2 is 2.29 bits per heavy atom. The number of aromatic nitrogens is 2. The average molecular weight is 229 g/mol. The van der Waals surface area contributed by atoms with E-state index in [1.807, 2.05) is 0 Å². The maximum atomic E-state index is 8.90. The molecule has 0 amide bonds. The van der Waals surface area contributed by atoms with Crippen LogP contribution in [-0.2, 0) is 0 Å². The van der Waals surface area contributed by atoms with Gasteiger partial charge in [-0.05, 0) is 30.7 Å². The third-order valence-corrected chi connectivity index (χ3v) is 3.16. The van der Waals surface area contributed by atoms with Crippen molar-refractivity contribution in [1.82, 2.24) is 10.2 Å². The SMILES string of the molecule is CC1CC=CCC1COc1nnccc1C#N. The van der Waals surface area contributed by atoms with Crippen LogP contribution in [0, 0.1) is 23.2 Å². The molecule has 1 aromatic heterocycles. The van der Waals surface area contributed by atoms with E-state index in [2.05, 4.69) is 35.3 Å². The minimum Gasteiger partial charge on any atom is -0.475 e. The van der Waals surface area contributed by atoms with Crippen molar-refractivity contribution < 1.29 is 4.74 Å². The van der Waals surface area contributed by atoms with Gasteiger partial charge >= 0.3 is 0 Å². The lowest BCUT2D eigenvalue weighted by molar-refractivity contribution is 0.191. The summed E-state index contributed by atoms with van der Waals surface area (Å²) in [5.74, 6) is 1.45. The van der Waals surface area contributed by atoms with Crippen molar-refractivity contribution in [2.45, 2.75) is 19.8 Å². The fourth-order valence-corrected chi connectivity index (χ4v) is 1.94. The summed E-state index contributed by atoms with van der Waals surface area (Å²) in [6.07, 6.45) is 8.03. The second-order valence-corrected chi connectivity index (χ2v) is 4.35. The molecule has 1 aromatic rings. The molecule has 0 radical (unpaired) electrons. The Kier molecular flexibility index (Phi) is 3.71. The van der Waals surface area contributed by atoms with Crippen molar-refractivity contribution in [2.24, 2.45) is 11.8 Å². The van der Waals surface area contributed by atoms with E-state index in [1.165, 1.54) is 6.20 Å². The van der Waals surface area contributed by atoms with Gasteiger partial charge < -0.3 is 4.74 Å². The summed E-state index contributed by atoms with van der Waals surface area (Å²) in [6, 6.07) is 3.67. The minimum absolute atomic E-state index is 0.344. The Morgan fingerprint density at radius 3 is 3.06 bits per heavy atom. The Labute approximate surface area is 101 Å². The van der Waals surface area contributed by atoms with Gasteiger partial charge in [0.1, 0.15) is 11.6 Å². The minimum atomic E-state index is 0.344. The molecule has 0 aliphatic heterocycles. The summed E-state index contributed by atoms with van der Waals surface area (Å²) in [5.41, 5.74) is 0.444. The largest absolute Gasteiger partial charge is 0.475 e. The van der Waals surface area contributed by atoms with Gasteiger partial charge in [-0.25, -0.2) is 0 Å². The van der Waals surface area contributed by atoms with Gasteiger partial charge in [-0.3, -0.25) is 0 Å². The van der Waals surface area contributed by atoms with E-state index in [4.69, 9.17) is 10.00 Å². The highest BCUT2D eigenvalue weighted by Crippen LogP contribution is 2.25. The number of rotatable bonds is 3. The van der Waals surface area contributed by atoms with Gasteiger partial charge in [0.15, 0.2) is 0 Å². The summed E-state index contributed by atoms with van der Waals surface area (Å²) < 4.78 is 5.61. The topological polar surface area (TPSA) is 58.8 Å². The first-order valence-electron chi connectivity index (χ1n) is 5.81. The van der Waals surface area contributed by atoms with Crippen LogP contribution in [-0.4, -0.2) is 16.8 Å². The van der Waals surface area contributed by atoms with E-state index in [-0.39, 0.29) is 0 Å². The number of allylic oxidation sites excluding steroid dienone is 2. The molecule has 2 atom stereocenters. The van der Waals surface area contributed by atoms with Crippen molar-refractivity contribution in [3.05, 3.63) is 30.0 Å². The van der Waals surface area contributed by atoms with Crippen molar-refractivity contribution >= 4 is 0 Å². The van der Waals surface area contributed by atoms with E-state index in [0.29, 0.717) is 29.9 Å². The number of hydrogen-bond donors (Lipinski definition) is 0. The maximum absolute atomic E-state index is 8.90. The Balaban J connectivity index is 1.98. The first-order valence-corrected chi connectivity index (χ1v) is 5.81. The van der Waals surface area contributed by atoms with Gasteiger partial charge in [0.2, 0.25) is 0 Å². The molecule has 0 fully saturated rings. The zero-order valence-corrected chi connectivity index (χ0v) is 9.84. The third kappa shape index (κ3) is 2.82. The molecule has 0 saturated heterocycles. The predicted molar refractivity (Wildman–Crippen MR) is 63.3 cm³/mol. The van der Waals surface area contributed by atoms with Crippen LogP contribution in [0.3, 0.4) is 0 Å². The summed E-state index contributed by atoms with van der Waals surface area (Å²) in [5, 5.41) is 16.5. The van der Waals surface area contributed by atoms with E-state index in [0.717, 1.165) is 12.8 Å². The van der Waals surface area contributed by atoms with Crippen LogP contribution in [0.15, 0.2) is 24.4 Å². The first kappa shape index (κ1) is 11.6. The summed E-state index contributed by atoms with van der Waals surface area (Å²) in [4.78, 5) is 0. The average Bonchev–Trinajstić information content (AvgIpc) is 2.38. The van der Waals surface area contributed by atoms with Crippen LogP contribution >= 0.6 is 0 Å². The molecule has 1 aliphatic carbocycles. The van der Waals surface area contributed by atoms with Crippen molar-refractivity contribution in [3.8, 4) is 11.9 Å². The molecule has 0 spiro atoms. The highest BCUT2D eigenvalue weighted by Gasteiger charge is 2.19. The molecule has 0 N–H and O–H groups in total. The Bertz CT molecular complexity index is 450. The highest BCUT2D eigenvalue weighted by molar-refractivity contribution is 5.35. The first-order chi connectivity index (χ1) is 8.31. The Hall–Kier alpha value is -1.89. The fourth-order valence-electron chi connectivity index (χ4n) is 1.94. The standard InChI is InChI=1S/C13H15N3O/c1-10-4-2-3-5-12(10)9-17-13-11(8-14)6-7-15-16-13/h2-3,6-7,10,12H,4-5,9H2,1H3. The lowest BCUT2D eigenvalue weighted by Crippen LogP contribution is -2.21. The van der Waals surface area contributed by atoms with Crippen LogP contribution in [0.2, 0.25) is 0 Å². The molecule has 0 saturated carbocycles. The van der Waals surface area contributed by atoms with Crippen LogP contribution in [0.1, 0.15) is 25.3 Å². The quantitative estimate of drug-likeness (QED) is 0.746. The van der Waals surface area contributed by atoms with Gasteiger partial charge in [0, 0.05) is 0 Å². The molecule has 4 nitrogen and oxygen atoms in total. The summed E-state index contributed by atoms with van der Waals surface area (Å²) in [7, 11) is 0. The molecule has 88 valence electrons. The molecule has 2 unspecified atom stereocenters. The molecule has 0 aromatic carbocycles. The number of nitrogens with zero attached hydrogens (tertiary/aromatic N) is 3. The molecule has 1 heterocycles. The van der Waals surface area contributed by atoms with Gasteiger partial charge in [0.25, 0.3) is 5.88 Å². The second kappa shape index (κ2) is 5.44. The van der Waals surface area contributed by atoms with Crippen molar-refractivity contribution in [3.63, 3.8) is 0 Å². The zero-order chi connectivity index (χ0) is 12.1. The van der Waals surface area contributed by atoms with Gasteiger partial charge in [-0.15, -0.1) is 5.10 Å². The van der Waals surface area contributed by atoms with Crippen LogP contribution in [0.5, 0.6) is 5.88 Å². The van der Waals surface area contributed by atoms with E-state index >= 15 is 0 Å². The molecule has 4 heteroatoms. The van der Waals surface area contributed by atoms with Crippen LogP contribution < -0.4 is 4.74 Å². The predicted octanol–water partition coefficient (Wildman–Crippen LogP) is 2.33. The van der Waals surface area contributed by atoms with Crippen LogP contribution in [0.25, 0.3) is 0 Å². The van der Waals surface area contributed by atoms with Gasteiger partial charge in [-0.1, -0.05) is 19.1 Å². The normalized spacial score (nSPS) is 23.1. The lowest BCUT2D eigenvalue weighted by Gasteiger charge is -2.24. The maximum Gasteiger partial charge on any atom is 0.251 e. The monoisotopic (exact) mass is 229 g/mol. The Morgan fingerprint density at radius 1 is 1.47 bits per heavy atom. The number of hydrogen-bond acceptors (Lipinski definition) is 4. The number of ether oxygens (including phenoxy) is 1. The van der Waals surface area contributed by atoms with Gasteiger partial charge in [0.05, 0.1) is 12.8 Å². The van der Waals surface area contributed by atoms with Crippen LogP contribution in [0.4, 0.5) is 0 Å². The summed E-state index contributed by atoms with van der Waals surface area (Å²) in [6.45, 7) is 2.82. The van der Waals surface area contributed by atoms with Gasteiger partial charge in [-0.2, -0.15) is 10.4 Å². The van der Waals surface area contributed by atoms with E-state index in [9.17, 15) is 0 Å². The molecular weight excluding hydrogens is 214 g/mol. The fraction of sp³-hybridized carbons (Fsp3) is 0.462. The molecular formula is C13H15N3O. The smallest absolute Gasteiger partial charge is 0.251 e. The van der Waals surface area contributed by atoms with E-state index < -0.39 is 0 Å². The summed E-state index contributed by atoms with van der Waals surface area (Å²) >= 11 is 0. The molecule has 17 heavy (non-hydrogen) atoms. The molecule has 1 aliphatic rings. The van der Waals surface area contributed by atoms with Crippen molar-refractivity contribution in [2.75, 3.05) is 6.61 Å². The third-order valence-electron chi connectivity index (χ3n) is 3.16. The van der Waals surface area contributed by atoms with E-state index in [1.54, 1.807) is 6.07 Å². The van der Waals surface area contributed by atoms with Crippen molar-refractivity contribution in [1.29, 1.82) is 5.26 Å². The lowest BCUT2D eigenvalue weighted by atomic mass is 9.85.